The lowest BCUT2D eigenvalue weighted by molar-refractivity contribution is 0.493. The van der Waals surface area contributed by atoms with Crippen molar-refractivity contribution in [2.75, 3.05) is 5.32 Å². The minimum absolute atomic E-state index is 0.0185. The molecule has 0 fully saturated rings. The molecule has 2 N–H and O–H groups in total. The van der Waals surface area contributed by atoms with Crippen LogP contribution < -0.4 is 5.32 Å². The van der Waals surface area contributed by atoms with Gasteiger partial charge in [-0.2, -0.15) is 10.4 Å². The predicted octanol–water partition coefficient (Wildman–Crippen LogP) is 4.92. The Hall–Kier alpha value is -3.59. The predicted molar refractivity (Wildman–Crippen MR) is 107 cm³/mol. The van der Waals surface area contributed by atoms with Crippen LogP contribution in [0.15, 0.2) is 53.4 Å². The van der Waals surface area contributed by atoms with Crippen LogP contribution in [-0.2, 0) is 5.41 Å². The normalized spacial score (nSPS) is 17.4. The molecule has 6 nitrogen and oxygen atoms in total. The molecule has 2 aromatic carbocycles. The summed E-state index contributed by atoms with van der Waals surface area (Å²) in [7, 11) is 0. The highest BCUT2D eigenvalue weighted by Crippen LogP contribution is 2.46. The van der Waals surface area contributed by atoms with Gasteiger partial charge in [0.15, 0.2) is 12.2 Å². The summed E-state index contributed by atoms with van der Waals surface area (Å²) in [6.07, 6.45) is 4.04. The molecule has 5 rings (SSSR count). The van der Waals surface area contributed by atoms with Crippen molar-refractivity contribution in [1.82, 2.24) is 15.2 Å². The van der Waals surface area contributed by atoms with Crippen molar-refractivity contribution in [3.8, 4) is 17.5 Å². The fourth-order valence-corrected chi connectivity index (χ4v) is 4.20. The molecule has 0 amide bonds. The molecule has 1 aliphatic rings. The molecule has 1 atom stereocenters. The van der Waals surface area contributed by atoms with Gasteiger partial charge in [0.05, 0.1) is 29.4 Å². The molecule has 0 unspecified atom stereocenters. The van der Waals surface area contributed by atoms with Crippen LogP contribution in [0.1, 0.15) is 43.0 Å². The van der Waals surface area contributed by atoms with E-state index >= 15 is 0 Å². The summed E-state index contributed by atoms with van der Waals surface area (Å²) < 4.78 is 5.41. The van der Waals surface area contributed by atoms with Crippen molar-refractivity contribution in [3.63, 3.8) is 0 Å². The van der Waals surface area contributed by atoms with Gasteiger partial charge in [-0.1, -0.05) is 19.9 Å². The number of oxazole rings is 1. The average Bonchev–Trinajstić information content (AvgIpc) is 3.40. The molecule has 1 aliphatic carbocycles. The topological polar surface area (TPSA) is 90.5 Å². The van der Waals surface area contributed by atoms with Crippen LogP contribution in [0.25, 0.3) is 22.4 Å². The zero-order valence-electron chi connectivity index (χ0n) is 15.7. The SMILES string of the molecule is CC1(C)C[C@H](Nc2ccc3[nH]nc(-c4cnco4)c3c2)c2ccc(C#N)cc21. The molecule has 4 aromatic rings. The number of aromatic amines is 1. The van der Waals surface area contributed by atoms with E-state index in [9.17, 15) is 5.26 Å². The Morgan fingerprint density at radius 3 is 2.93 bits per heavy atom. The Balaban J connectivity index is 1.51. The molecule has 138 valence electrons. The van der Waals surface area contributed by atoms with Crippen LogP contribution in [0, 0.1) is 11.3 Å². The summed E-state index contributed by atoms with van der Waals surface area (Å²) in [5, 5.41) is 21.3. The fraction of sp³-hybridized carbons (Fsp3) is 0.227. The van der Waals surface area contributed by atoms with E-state index in [1.165, 1.54) is 17.5 Å². The second-order valence-electron chi connectivity index (χ2n) is 7.90. The lowest BCUT2D eigenvalue weighted by Gasteiger charge is -2.20. The van der Waals surface area contributed by atoms with Gasteiger partial charge in [-0.25, -0.2) is 4.98 Å². The summed E-state index contributed by atoms with van der Waals surface area (Å²) in [4.78, 5) is 3.99. The molecule has 0 aliphatic heterocycles. The Kier molecular flexibility index (Phi) is 3.53. The van der Waals surface area contributed by atoms with Crippen molar-refractivity contribution in [3.05, 3.63) is 65.7 Å². The molecular weight excluding hydrogens is 350 g/mol. The maximum absolute atomic E-state index is 9.24. The lowest BCUT2D eigenvalue weighted by atomic mass is 9.86. The van der Waals surface area contributed by atoms with E-state index in [0.717, 1.165) is 28.7 Å². The Morgan fingerprint density at radius 2 is 2.14 bits per heavy atom. The minimum atomic E-state index is 0.0185. The van der Waals surface area contributed by atoms with Gasteiger partial charge in [-0.05, 0) is 53.3 Å². The molecule has 2 heterocycles. The van der Waals surface area contributed by atoms with Gasteiger partial charge in [0, 0.05) is 11.1 Å². The molecule has 2 aromatic heterocycles. The third-order valence-electron chi connectivity index (χ3n) is 5.57. The molecule has 0 bridgehead atoms. The Labute approximate surface area is 162 Å². The Bertz CT molecular complexity index is 1210. The van der Waals surface area contributed by atoms with Crippen LogP contribution in [0.3, 0.4) is 0 Å². The first kappa shape index (κ1) is 16.6. The summed E-state index contributed by atoms with van der Waals surface area (Å²) in [6.45, 7) is 4.46. The smallest absolute Gasteiger partial charge is 0.181 e. The second kappa shape index (κ2) is 5.96. The van der Waals surface area contributed by atoms with E-state index in [0.29, 0.717) is 11.3 Å². The summed E-state index contributed by atoms with van der Waals surface area (Å²) >= 11 is 0. The van der Waals surface area contributed by atoms with Gasteiger partial charge in [0.2, 0.25) is 0 Å². The molecule has 28 heavy (non-hydrogen) atoms. The number of hydrogen-bond donors (Lipinski definition) is 2. The van der Waals surface area contributed by atoms with E-state index in [2.05, 4.69) is 58.6 Å². The van der Waals surface area contributed by atoms with Gasteiger partial charge in [0.1, 0.15) is 5.69 Å². The van der Waals surface area contributed by atoms with Crippen LogP contribution >= 0.6 is 0 Å². The van der Waals surface area contributed by atoms with Crippen LogP contribution in [0.4, 0.5) is 5.69 Å². The van der Waals surface area contributed by atoms with E-state index in [-0.39, 0.29) is 11.5 Å². The number of anilines is 1. The number of aromatic nitrogens is 3. The number of benzene rings is 2. The van der Waals surface area contributed by atoms with Gasteiger partial charge in [0.25, 0.3) is 0 Å². The first-order valence-corrected chi connectivity index (χ1v) is 9.23. The van der Waals surface area contributed by atoms with E-state index in [4.69, 9.17) is 4.42 Å². The standard InChI is InChI=1S/C22H19N5O/c1-22(2)9-19(15-5-3-13(10-23)7-17(15)22)25-14-4-6-18-16(8-14)21(27-26-18)20-11-24-12-28-20/h3-8,11-12,19,25H,9H2,1-2H3,(H,26,27)/t19-/m0/s1. The first-order chi connectivity index (χ1) is 13.5. The molecule has 0 radical (unpaired) electrons. The second-order valence-corrected chi connectivity index (χ2v) is 7.90. The average molecular weight is 369 g/mol. The number of nitrogens with zero attached hydrogens (tertiary/aromatic N) is 3. The van der Waals surface area contributed by atoms with Crippen LogP contribution in [0.2, 0.25) is 0 Å². The summed E-state index contributed by atoms with van der Waals surface area (Å²) in [6, 6.07) is 14.6. The molecular formula is C22H19N5O. The molecule has 0 saturated heterocycles. The maximum atomic E-state index is 9.24. The number of nitrogens with one attached hydrogen (secondary N) is 2. The molecule has 0 spiro atoms. The Morgan fingerprint density at radius 1 is 1.25 bits per heavy atom. The third-order valence-corrected chi connectivity index (χ3v) is 5.57. The molecule has 0 saturated carbocycles. The van der Waals surface area contributed by atoms with Crippen molar-refractivity contribution >= 4 is 16.6 Å². The van der Waals surface area contributed by atoms with Crippen molar-refractivity contribution in [2.45, 2.75) is 31.7 Å². The summed E-state index contributed by atoms with van der Waals surface area (Å²) in [5.41, 5.74) is 5.95. The first-order valence-electron chi connectivity index (χ1n) is 9.23. The van der Waals surface area contributed by atoms with Gasteiger partial charge in [-0.15, -0.1) is 0 Å². The van der Waals surface area contributed by atoms with Crippen molar-refractivity contribution in [2.24, 2.45) is 0 Å². The van der Waals surface area contributed by atoms with Crippen molar-refractivity contribution < 1.29 is 4.42 Å². The van der Waals surface area contributed by atoms with E-state index in [1.807, 2.05) is 18.2 Å². The van der Waals surface area contributed by atoms with E-state index < -0.39 is 0 Å². The number of nitriles is 1. The number of fused-ring (bicyclic) bond motifs is 2. The quantitative estimate of drug-likeness (QED) is 0.535. The van der Waals surface area contributed by atoms with Crippen LogP contribution in [0.5, 0.6) is 0 Å². The van der Waals surface area contributed by atoms with Gasteiger partial charge < -0.3 is 9.73 Å². The highest BCUT2D eigenvalue weighted by molar-refractivity contribution is 5.93. The lowest BCUT2D eigenvalue weighted by Crippen LogP contribution is -2.14. The van der Waals surface area contributed by atoms with Gasteiger partial charge in [-0.3, -0.25) is 5.10 Å². The maximum Gasteiger partial charge on any atom is 0.181 e. The number of H-pyrrole nitrogens is 1. The van der Waals surface area contributed by atoms with E-state index in [1.54, 1.807) is 6.20 Å². The van der Waals surface area contributed by atoms with Gasteiger partial charge >= 0.3 is 0 Å². The van der Waals surface area contributed by atoms with Crippen LogP contribution in [-0.4, -0.2) is 15.2 Å². The molecule has 6 heteroatoms. The summed E-state index contributed by atoms with van der Waals surface area (Å²) in [5.74, 6) is 0.639. The van der Waals surface area contributed by atoms with Crippen molar-refractivity contribution in [1.29, 1.82) is 5.26 Å². The minimum Gasteiger partial charge on any atom is -0.442 e. The zero-order chi connectivity index (χ0) is 19.3. The highest BCUT2D eigenvalue weighted by atomic mass is 16.3. The number of rotatable bonds is 3. The third kappa shape index (κ3) is 2.55. The highest BCUT2D eigenvalue weighted by Gasteiger charge is 2.37. The monoisotopic (exact) mass is 369 g/mol. The fourth-order valence-electron chi connectivity index (χ4n) is 4.20. The largest absolute Gasteiger partial charge is 0.442 e. The number of hydrogen-bond acceptors (Lipinski definition) is 5. The zero-order valence-corrected chi connectivity index (χ0v) is 15.7.